The summed E-state index contributed by atoms with van der Waals surface area (Å²) in [6.45, 7) is 10.7. The number of amides is 3. The Balaban J connectivity index is 2.05. The molecule has 19 heteroatoms. The quantitative estimate of drug-likeness (QED) is 0.0280. The number of rotatable bonds is 69. The number of nitrogens with one attached hydrogen (secondary N) is 3. The summed E-state index contributed by atoms with van der Waals surface area (Å²) in [5, 5.41) is 47.6. The van der Waals surface area contributed by atoms with Gasteiger partial charge in [-0.05, 0) is 44.9 Å². The smallest absolute Gasteiger partial charge is 0.407 e. The summed E-state index contributed by atoms with van der Waals surface area (Å²) < 4.78 is 50.7. The lowest BCUT2D eigenvalue weighted by atomic mass is 9.99. The highest BCUT2D eigenvalue weighted by Gasteiger charge is 2.44. The topological polar surface area (TPSA) is 251 Å². The van der Waals surface area contributed by atoms with E-state index < -0.39 is 43.4 Å². The summed E-state index contributed by atoms with van der Waals surface area (Å²) in [4.78, 5) is 37.1. The molecule has 0 radical (unpaired) electrons. The molecule has 1 heterocycles. The first kappa shape index (κ1) is 83.7. The van der Waals surface area contributed by atoms with Crippen LogP contribution in [-0.2, 0) is 52.2 Å². The zero-order chi connectivity index (χ0) is 63.7. The predicted molar refractivity (Wildman–Crippen MR) is 350 cm³/mol. The largest absolute Gasteiger partial charge is 0.447 e. The standard InChI is InChI=1S/C69H135N3O16/c1-3-5-7-9-11-13-15-17-19-21-23-25-27-29-31-38-48-84-59-61(85-50-40-32-30-28-26-24-22-20-18-16-14-12-10-8-6-4-2)60-87-69(79)72-44-37-33-35-42-63(74)70-45-41-49-81-53-52-80-47-39-34-36-43-64(75)71-46-51-82-54-55-83-56-57-86-68-67(78)66(77)65(76)62(58-73)88-68/h61-62,65-68,73,76-78H,3-60H2,1-2H3,(H,70,74)(H,71,75)(H,72,79)/t61-,62?,65-,66-,67?,68+/m0/s1. The van der Waals surface area contributed by atoms with Crippen LogP contribution in [0.2, 0.25) is 0 Å². The van der Waals surface area contributed by atoms with Gasteiger partial charge in [-0.2, -0.15) is 0 Å². The van der Waals surface area contributed by atoms with E-state index in [2.05, 4.69) is 29.8 Å². The molecule has 1 aliphatic heterocycles. The molecule has 1 fully saturated rings. The number of carbonyl (C=O) groups is 3. The van der Waals surface area contributed by atoms with Crippen LogP contribution in [0.5, 0.6) is 0 Å². The summed E-state index contributed by atoms with van der Waals surface area (Å²) in [6, 6.07) is 0. The number of carbonyl (C=O) groups excluding carboxylic acids is 3. The van der Waals surface area contributed by atoms with Gasteiger partial charge in [-0.3, -0.25) is 9.59 Å². The molecule has 0 spiro atoms. The fraction of sp³-hybridized carbons (Fsp3) is 0.957. The molecule has 0 aromatic rings. The van der Waals surface area contributed by atoms with E-state index in [9.17, 15) is 34.8 Å². The van der Waals surface area contributed by atoms with E-state index in [1.807, 2.05) is 0 Å². The van der Waals surface area contributed by atoms with Crippen molar-refractivity contribution >= 4 is 17.9 Å². The number of aliphatic hydroxyl groups excluding tert-OH is 4. The second-order valence-electron chi connectivity index (χ2n) is 24.4. The molecule has 0 aromatic heterocycles. The van der Waals surface area contributed by atoms with E-state index in [0.717, 1.165) is 57.8 Å². The van der Waals surface area contributed by atoms with Gasteiger partial charge in [0.25, 0.3) is 0 Å². The molecular formula is C69H135N3O16. The van der Waals surface area contributed by atoms with Crippen molar-refractivity contribution in [2.45, 2.75) is 314 Å². The second kappa shape index (κ2) is 66.2. The summed E-state index contributed by atoms with van der Waals surface area (Å²) in [5.74, 6) is -0.0134. The molecule has 1 rings (SSSR count). The van der Waals surface area contributed by atoms with Crippen LogP contribution >= 0.6 is 0 Å². The Hall–Kier alpha value is -2.27. The maximum Gasteiger partial charge on any atom is 0.407 e. The maximum atomic E-state index is 12.6. The number of alkyl carbamates (subject to hydrolysis) is 1. The molecule has 19 nitrogen and oxygen atoms in total. The van der Waals surface area contributed by atoms with Crippen LogP contribution in [0.25, 0.3) is 0 Å². The average molecular weight is 1260 g/mol. The fourth-order valence-electron chi connectivity index (χ4n) is 10.6. The predicted octanol–water partition coefficient (Wildman–Crippen LogP) is 12.3. The van der Waals surface area contributed by atoms with Gasteiger partial charge in [-0.15, -0.1) is 0 Å². The van der Waals surface area contributed by atoms with Crippen molar-refractivity contribution in [1.29, 1.82) is 0 Å². The van der Waals surface area contributed by atoms with Gasteiger partial charge in [0.05, 0.1) is 59.5 Å². The van der Waals surface area contributed by atoms with Gasteiger partial charge in [0.2, 0.25) is 11.8 Å². The first-order valence-corrected chi connectivity index (χ1v) is 36.1. The summed E-state index contributed by atoms with van der Waals surface area (Å²) in [7, 11) is 0. The first-order valence-electron chi connectivity index (χ1n) is 36.1. The van der Waals surface area contributed by atoms with Crippen LogP contribution in [-0.4, -0.2) is 187 Å². The van der Waals surface area contributed by atoms with Crippen molar-refractivity contribution in [1.82, 2.24) is 16.0 Å². The maximum absolute atomic E-state index is 12.6. The highest BCUT2D eigenvalue weighted by atomic mass is 16.7. The average Bonchev–Trinajstić information content (AvgIpc) is 3.69. The lowest BCUT2D eigenvalue weighted by Crippen LogP contribution is -2.59. The first-order chi connectivity index (χ1) is 43.2. The molecule has 7 N–H and O–H groups in total. The van der Waals surface area contributed by atoms with Crippen molar-refractivity contribution in [3.8, 4) is 0 Å². The fourth-order valence-corrected chi connectivity index (χ4v) is 10.6. The van der Waals surface area contributed by atoms with E-state index in [0.29, 0.717) is 105 Å². The van der Waals surface area contributed by atoms with Gasteiger partial charge in [0.15, 0.2) is 6.29 Å². The number of unbranched alkanes of at least 4 members (excludes halogenated alkanes) is 34. The normalized spacial score (nSPS) is 17.1. The van der Waals surface area contributed by atoms with E-state index in [4.69, 9.17) is 42.6 Å². The van der Waals surface area contributed by atoms with Crippen molar-refractivity contribution in [2.24, 2.45) is 0 Å². The molecule has 3 amide bonds. The third kappa shape index (κ3) is 55.4. The van der Waals surface area contributed by atoms with Gasteiger partial charge in [-0.25, -0.2) is 4.79 Å². The number of ether oxygens (including phenoxy) is 9. The molecule has 0 saturated carbocycles. The summed E-state index contributed by atoms with van der Waals surface area (Å²) in [5.41, 5.74) is 0. The van der Waals surface area contributed by atoms with Gasteiger partial charge >= 0.3 is 6.09 Å². The molecule has 1 saturated heterocycles. The number of aliphatic hydroxyl groups is 4. The lowest BCUT2D eigenvalue weighted by molar-refractivity contribution is -0.302. The third-order valence-corrected chi connectivity index (χ3v) is 16.2. The van der Waals surface area contributed by atoms with Crippen LogP contribution in [0.3, 0.4) is 0 Å². The summed E-state index contributed by atoms with van der Waals surface area (Å²) >= 11 is 0. The Morgan fingerprint density at radius 1 is 0.375 bits per heavy atom. The molecular weight excluding hydrogens is 1130 g/mol. The molecule has 1 aliphatic rings. The van der Waals surface area contributed by atoms with Crippen molar-refractivity contribution in [2.75, 3.05) is 112 Å². The minimum Gasteiger partial charge on any atom is -0.447 e. The van der Waals surface area contributed by atoms with E-state index in [1.54, 1.807) is 0 Å². The second-order valence-corrected chi connectivity index (χ2v) is 24.4. The Bertz CT molecular complexity index is 1490. The molecule has 522 valence electrons. The SMILES string of the molecule is CCCCCCCCCCCCCCCCCCOC[C@@H](COC(=O)NCCCCCC(=O)NCCCOCCOCCCCCC(=O)NCCOCCOCCO[C@@H]1OC(CO)[C@H](O)[C@H](O)C1O)OCCCCCCCCCCCCCCCCCC. The Labute approximate surface area is 535 Å². The van der Waals surface area contributed by atoms with Gasteiger partial charge in [-0.1, -0.05) is 219 Å². The minimum atomic E-state index is -1.49. The van der Waals surface area contributed by atoms with Crippen LogP contribution < -0.4 is 16.0 Å². The molecule has 6 atom stereocenters. The van der Waals surface area contributed by atoms with E-state index >= 15 is 0 Å². The molecule has 2 unspecified atom stereocenters. The van der Waals surface area contributed by atoms with Gasteiger partial charge in [0, 0.05) is 58.9 Å². The molecule has 0 aliphatic carbocycles. The van der Waals surface area contributed by atoms with Crippen molar-refractivity contribution in [3.63, 3.8) is 0 Å². The third-order valence-electron chi connectivity index (χ3n) is 16.2. The van der Waals surface area contributed by atoms with Crippen LogP contribution in [0, 0.1) is 0 Å². The van der Waals surface area contributed by atoms with E-state index in [1.165, 1.54) is 186 Å². The van der Waals surface area contributed by atoms with E-state index in [-0.39, 0.29) is 37.7 Å². The van der Waals surface area contributed by atoms with Crippen LogP contribution in [0.1, 0.15) is 277 Å². The molecule has 0 bridgehead atoms. The van der Waals surface area contributed by atoms with Crippen LogP contribution in [0.4, 0.5) is 4.79 Å². The van der Waals surface area contributed by atoms with Crippen molar-refractivity contribution in [3.05, 3.63) is 0 Å². The number of hydrogen-bond donors (Lipinski definition) is 7. The monoisotopic (exact) mass is 1260 g/mol. The zero-order valence-electron chi connectivity index (χ0n) is 56.2. The molecule has 88 heavy (non-hydrogen) atoms. The highest BCUT2D eigenvalue weighted by Crippen LogP contribution is 2.22. The Morgan fingerprint density at radius 3 is 1.26 bits per heavy atom. The summed E-state index contributed by atoms with van der Waals surface area (Å²) in [6.07, 6.45) is 41.9. The van der Waals surface area contributed by atoms with Crippen LogP contribution in [0.15, 0.2) is 0 Å². The number of hydrogen-bond acceptors (Lipinski definition) is 16. The Morgan fingerprint density at radius 2 is 0.761 bits per heavy atom. The highest BCUT2D eigenvalue weighted by molar-refractivity contribution is 5.76. The van der Waals surface area contributed by atoms with Crippen molar-refractivity contribution < 1.29 is 77.4 Å². The lowest BCUT2D eigenvalue weighted by Gasteiger charge is -2.39. The van der Waals surface area contributed by atoms with Gasteiger partial charge in [0.1, 0.15) is 37.1 Å². The molecule has 0 aromatic carbocycles. The zero-order valence-corrected chi connectivity index (χ0v) is 56.2. The van der Waals surface area contributed by atoms with Gasteiger partial charge < -0.3 is 79.0 Å². The Kier molecular flexibility index (Phi) is 63.0. The minimum absolute atomic E-state index is 0.0175.